The zero-order valence-corrected chi connectivity index (χ0v) is 30.2. The predicted molar refractivity (Wildman–Crippen MR) is 187 cm³/mol. The molecule has 1 aromatic heterocycles. The van der Waals surface area contributed by atoms with Crippen LogP contribution in [0.25, 0.3) is 0 Å². The summed E-state index contributed by atoms with van der Waals surface area (Å²) in [5, 5.41) is 0. The summed E-state index contributed by atoms with van der Waals surface area (Å²) in [6.45, 7) is 14.8. The third-order valence-electron chi connectivity index (χ3n) is 10.9. The molecule has 4 aliphatic heterocycles. The van der Waals surface area contributed by atoms with Crippen LogP contribution in [0.3, 0.4) is 0 Å². The van der Waals surface area contributed by atoms with Crippen molar-refractivity contribution in [1.29, 1.82) is 0 Å². The fourth-order valence-corrected chi connectivity index (χ4v) is 9.77. The minimum Gasteiger partial charge on any atom is -0.451 e. The first-order valence-corrected chi connectivity index (χ1v) is 19.3. The number of rotatable bonds is 10. The van der Waals surface area contributed by atoms with E-state index < -0.39 is 16.0 Å². The number of likely N-dealkylation sites (tertiary alicyclic amines) is 1. The van der Waals surface area contributed by atoms with Crippen LogP contribution in [0.2, 0.25) is 0 Å². The smallest absolute Gasteiger partial charge is 0.281 e. The van der Waals surface area contributed by atoms with Gasteiger partial charge in [0.2, 0.25) is 0 Å². The van der Waals surface area contributed by atoms with Crippen LogP contribution in [-0.2, 0) is 10.2 Å². The third kappa shape index (κ3) is 7.88. The number of aromatic nitrogens is 2. The Hall–Kier alpha value is -2.91. The predicted octanol–water partition coefficient (Wildman–Crippen LogP) is 3.95. The average molecular weight is 701 g/mol. The molecule has 49 heavy (non-hydrogen) atoms. The first kappa shape index (κ1) is 35.9. The van der Waals surface area contributed by atoms with Gasteiger partial charge in [0.1, 0.15) is 17.9 Å². The van der Waals surface area contributed by atoms with E-state index in [0.717, 1.165) is 71.2 Å². The molecule has 0 unspecified atom stereocenters. The maximum absolute atomic E-state index is 14.4. The largest absolute Gasteiger partial charge is 0.451 e. The van der Waals surface area contributed by atoms with Gasteiger partial charge in [-0.05, 0) is 103 Å². The molecule has 0 bridgehead atoms. The SMILES string of the molecule is CC(C)N(C(=O)c1cc(F)ccc1Oc1cncnc1N1CC2(CCN(CC3CCN(S(=O)(=O)N4CCC(N)CC4)CC3)CC2)C1)C(C)C. The number of benzene rings is 1. The summed E-state index contributed by atoms with van der Waals surface area (Å²) >= 11 is 0. The molecule has 5 heterocycles. The van der Waals surface area contributed by atoms with Gasteiger partial charge in [0.25, 0.3) is 16.1 Å². The Morgan fingerprint density at radius 1 is 0.980 bits per heavy atom. The van der Waals surface area contributed by atoms with Crippen molar-refractivity contribution in [3.8, 4) is 11.5 Å². The van der Waals surface area contributed by atoms with Crippen molar-refractivity contribution in [2.24, 2.45) is 17.1 Å². The lowest BCUT2D eigenvalue weighted by Crippen LogP contribution is -2.61. The summed E-state index contributed by atoms with van der Waals surface area (Å²) in [5.41, 5.74) is 6.36. The van der Waals surface area contributed by atoms with Gasteiger partial charge in [-0.2, -0.15) is 17.0 Å². The van der Waals surface area contributed by atoms with E-state index in [2.05, 4.69) is 19.8 Å². The molecular formula is C35H53FN8O4S. The second kappa shape index (κ2) is 14.7. The van der Waals surface area contributed by atoms with Crippen LogP contribution >= 0.6 is 0 Å². The molecule has 1 amide bonds. The van der Waals surface area contributed by atoms with Gasteiger partial charge in [-0.3, -0.25) is 4.79 Å². The van der Waals surface area contributed by atoms with E-state index in [9.17, 15) is 17.6 Å². The number of hydrogen-bond acceptors (Lipinski definition) is 9. The van der Waals surface area contributed by atoms with Crippen molar-refractivity contribution < 1.29 is 22.3 Å². The number of nitrogens with two attached hydrogens (primary N) is 1. The molecule has 4 fully saturated rings. The van der Waals surface area contributed by atoms with Crippen molar-refractivity contribution in [3.63, 3.8) is 0 Å². The Morgan fingerprint density at radius 3 is 2.20 bits per heavy atom. The number of carbonyl (C=O) groups is 1. The van der Waals surface area contributed by atoms with E-state index in [-0.39, 0.29) is 40.8 Å². The molecule has 0 atom stereocenters. The Kier molecular flexibility index (Phi) is 10.8. The quantitative estimate of drug-likeness (QED) is 0.392. The standard InChI is InChI=1S/C35H53FN8O4S/c1-25(2)44(26(3)4)34(45)30-19-28(36)5-6-31(30)48-32-20-38-24-39-33(32)41-22-35(23-41)11-17-40(18-12-35)21-27-7-13-42(14-8-27)49(46,47)43-15-9-29(37)10-16-43/h5-6,19-20,24-27,29H,7-18,21-23,37H2,1-4H3. The number of ether oxygens (including phenoxy) is 1. The first-order valence-electron chi connectivity index (χ1n) is 17.9. The topological polar surface area (TPSA) is 128 Å². The Morgan fingerprint density at radius 2 is 1.59 bits per heavy atom. The number of amides is 1. The van der Waals surface area contributed by atoms with Gasteiger partial charge < -0.3 is 25.2 Å². The molecule has 1 spiro atoms. The van der Waals surface area contributed by atoms with E-state index in [1.54, 1.807) is 19.7 Å². The van der Waals surface area contributed by atoms with Gasteiger partial charge in [-0.15, -0.1) is 0 Å². The highest BCUT2D eigenvalue weighted by Crippen LogP contribution is 2.45. The lowest BCUT2D eigenvalue weighted by molar-refractivity contribution is 0.0607. The van der Waals surface area contributed by atoms with Gasteiger partial charge in [0.05, 0.1) is 11.8 Å². The molecule has 6 rings (SSSR count). The minimum absolute atomic E-state index is 0.0650. The highest BCUT2D eigenvalue weighted by atomic mass is 32.2. The zero-order valence-electron chi connectivity index (χ0n) is 29.4. The fraction of sp³-hybridized carbons (Fsp3) is 0.686. The van der Waals surface area contributed by atoms with Gasteiger partial charge in [0, 0.05) is 69.4 Å². The van der Waals surface area contributed by atoms with E-state index in [1.165, 1.54) is 24.5 Å². The molecule has 12 nitrogen and oxygen atoms in total. The maximum Gasteiger partial charge on any atom is 0.281 e. The lowest BCUT2D eigenvalue weighted by atomic mass is 9.72. The van der Waals surface area contributed by atoms with Crippen molar-refractivity contribution in [3.05, 3.63) is 42.1 Å². The molecule has 2 N–H and O–H groups in total. The molecule has 2 aromatic rings. The number of anilines is 1. The zero-order chi connectivity index (χ0) is 34.9. The Labute approximate surface area is 291 Å². The normalized spacial score (nSPS) is 21.8. The third-order valence-corrected chi connectivity index (χ3v) is 12.9. The Balaban J connectivity index is 1.01. The summed E-state index contributed by atoms with van der Waals surface area (Å²) in [5.74, 6) is 1.10. The van der Waals surface area contributed by atoms with Gasteiger partial charge >= 0.3 is 0 Å². The number of halogens is 1. The van der Waals surface area contributed by atoms with E-state index in [0.29, 0.717) is 43.7 Å². The monoisotopic (exact) mass is 700 g/mol. The van der Waals surface area contributed by atoms with Crippen LogP contribution < -0.4 is 15.4 Å². The highest BCUT2D eigenvalue weighted by molar-refractivity contribution is 7.86. The van der Waals surface area contributed by atoms with Crippen LogP contribution in [0.15, 0.2) is 30.7 Å². The summed E-state index contributed by atoms with van der Waals surface area (Å²) < 4.78 is 50.3. The summed E-state index contributed by atoms with van der Waals surface area (Å²) in [6, 6.07) is 4.01. The summed E-state index contributed by atoms with van der Waals surface area (Å²) in [7, 11) is -3.40. The molecule has 4 aliphatic rings. The van der Waals surface area contributed by atoms with Crippen LogP contribution in [0.4, 0.5) is 10.2 Å². The van der Waals surface area contributed by atoms with Crippen molar-refractivity contribution in [2.45, 2.75) is 84.3 Å². The molecule has 4 saturated heterocycles. The molecule has 0 radical (unpaired) electrons. The second-order valence-corrected chi connectivity index (χ2v) is 17.0. The molecule has 0 aliphatic carbocycles. The van der Waals surface area contributed by atoms with Crippen LogP contribution in [0.1, 0.15) is 76.6 Å². The van der Waals surface area contributed by atoms with E-state index in [1.807, 2.05) is 27.7 Å². The fourth-order valence-electron chi connectivity index (χ4n) is 8.10. The molecule has 270 valence electrons. The number of hydrogen-bond donors (Lipinski definition) is 1. The van der Waals surface area contributed by atoms with Crippen molar-refractivity contribution >= 4 is 21.9 Å². The van der Waals surface area contributed by atoms with Gasteiger partial charge in [-0.25, -0.2) is 14.4 Å². The number of carbonyl (C=O) groups excluding carboxylic acids is 1. The lowest BCUT2D eigenvalue weighted by Gasteiger charge is -2.54. The van der Waals surface area contributed by atoms with Crippen LogP contribution in [-0.4, -0.2) is 120 Å². The molecule has 0 saturated carbocycles. The van der Waals surface area contributed by atoms with Crippen LogP contribution in [0, 0.1) is 17.2 Å². The Bertz CT molecular complexity index is 1550. The summed E-state index contributed by atoms with van der Waals surface area (Å²) in [6.07, 6.45) is 8.54. The molecular weight excluding hydrogens is 648 g/mol. The number of nitrogens with zero attached hydrogens (tertiary/aromatic N) is 7. The van der Waals surface area contributed by atoms with Crippen molar-refractivity contribution in [1.82, 2.24) is 28.4 Å². The summed E-state index contributed by atoms with van der Waals surface area (Å²) in [4.78, 5) is 28.8. The van der Waals surface area contributed by atoms with Gasteiger partial charge in [0.15, 0.2) is 11.6 Å². The van der Waals surface area contributed by atoms with Crippen molar-refractivity contribution in [2.75, 3.05) is 63.8 Å². The molecule has 14 heteroatoms. The second-order valence-electron chi connectivity index (χ2n) is 15.1. The molecule has 1 aromatic carbocycles. The van der Waals surface area contributed by atoms with E-state index in [4.69, 9.17) is 10.5 Å². The first-order chi connectivity index (χ1) is 23.3. The minimum atomic E-state index is -3.40. The van der Waals surface area contributed by atoms with Gasteiger partial charge in [-0.1, -0.05) is 0 Å². The maximum atomic E-state index is 14.4. The van der Waals surface area contributed by atoms with Crippen LogP contribution in [0.5, 0.6) is 11.5 Å². The highest BCUT2D eigenvalue weighted by Gasteiger charge is 2.46. The number of piperidine rings is 3. The average Bonchev–Trinajstić information content (AvgIpc) is 3.05. The van der Waals surface area contributed by atoms with E-state index >= 15 is 0 Å².